The van der Waals surface area contributed by atoms with Crippen LogP contribution in [0, 0.1) is 0 Å². The van der Waals surface area contributed by atoms with Crippen molar-refractivity contribution in [2.45, 2.75) is 57.6 Å². The van der Waals surface area contributed by atoms with Gasteiger partial charge >= 0.3 is 7.12 Å². The molecule has 0 spiro atoms. The van der Waals surface area contributed by atoms with Gasteiger partial charge in [0.25, 0.3) is 0 Å². The summed E-state index contributed by atoms with van der Waals surface area (Å²) < 4.78 is 0. The highest BCUT2D eigenvalue weighted by molar-refractivity contribution is 6.43. The van der Waals surface area contributed by atoms with Crippen LogP contribution in [0.3, 0.4) is 0 Å². The van der Waals surface area contributed by atoms with Gasteiger partial charge in [0.15, 0.2) is 0 Å². The average Bonchev–Trinajstić information content (AvgIpc) is 2.87. The Morgan fingerprint density at radius 3 is 2.12 bits per heavy atom. The Morgan fingerprint density at radius 2 is 1.82 bits per heavy atom. The minimum absolute atomic E-state index is 0.377. The van der Waals surface area contributed by atoms with Crippen molar-refractivity contribution in [3.8, 4) is 0 Å². The van der Waals surface area contributed by atoms with Crippen molar-refractivity contribution in [1.82, 2.24) is 10.2 Å². The van der Waals surface area contributed by atoms with E-state index in [2.05, 4.69) is 19.2 Å². The van der Waals surface area contributed by atoms with Crippen LogP contribution in [0.15, 0.2) is 0 Å². The third-order valence-electron chi connectivity index (χ3n) is 3.42. The third kappa shape index (κ3) is 4.65. The molecule has 0 radical (unpaired) electrons. The van der Waals surface area contributed by atoms with Crippen LogP contribution in [0.2, 0.25) is 0 Å². The lowest BCUT2D eigenvalue weighted by Gasteiger charge is -2.17. The molecule has 3 atom stereocenters. The molecule has 0 bridgehead atoms. The van der Waals surface area contributed by atoms with Crippen molar-refractivity contribution in [2.24, 2.45) is 0 Å². The molecule has 0 saturated carbocycles. The number of hydrogen-bond acceptors (Lipinski definition) is 4. The predicted molar refractivity (Wildman–Crippen MR) is 67.3 cm³/mol. The molecular weight excluding hydrogens is 219 g/mol. The van der Waals surface area contributed by atoms with Gasteiger partial charge in [0.05, 0.1) is 5.94 Å². The highest BCUT2D eigenvalue weighted by Crippen LogP contribution is 2.15. The molecule has 2 saturated heterocycles. The summed E-state index contributed by atoms with van der Waals surface area (Å²) in [6.07, 6.45) is 4.94. The first kappa shape index (κ1) is 14.5. The van der Waals surface area contributed by atoms with Crippen LogP contribution in [-0.2, 0) is 4.79 Å². The van der Waals surface area contributed by atoms with E-state index in [1.807, 2.05) is 0 Å². The molecular formula is C11H23BN2O3. The molecule has 2 aliphatic rings. The lowest BCUT2D eigenvalue weighted by molar-refractivity contribution is -0.118. The average molecular weight is 242 g/mol. The molecule has 2 fully saturated rings. The summed E-state index contributed by atoms with van der Waals surface area (Å²) in [6, 6.07) is 1.55. The first-order chi connectivity index (χ1) is 8.04. The van der Waals surface area contributed by atoms with Gasteiger partial charge in [-0.15, -0.1) is 0 Å². The number of nitrogens with zero attached hydrogens (tertiary/aromatic N) is 1. The van der Waals surface area contributed by atoms with Crippen LogP contribution in [0.1, 0.15) is 39.5 Å². The maximum absolute atomic E-state index is 10.2. The van der Waals surface area contributed by atoms with Gasteiger partial charge in [-0.05, 0) is 39.5 Å². The number of rotatable bonds is 2. The highest BCUT2D eigenvalue weighted by Gasteiger charge is 2.32. The third-order valence-corrected chi connectivity index (χ3v) is 3.42. The molecule has 2 aliphatic heterocycles. The molecule has 0 aromatic rings. The van der Waals surface area contributed by atoms with Crippen molar-refractivity contribution >= 4 is 13.5 Å². The van der Waals surface area contributed by atoms with Crippen LogP contribution in [0.25, 0.3) is 0 Å². The normalized spacial score (nSPS) is 32.0. The molecule has 6 heteroatoms. The van der Waals surface area contributed by atoms with E-state index in [1.165, 1.54) is 17.7 Å². The van der Waals surface area contributed by atoms with E-state index in [0.29, 0.717) is 19.4 Å². The summed E-state index contributed by atoms with van der Waals surface area (Å²) in [4.78, 5) is 11.6. The number of carbonyl (C=O) groups is 1. The second-order valence-corrected chi connectivity index (χ2v) is 5.01. The fourth-order valence-corrected chi connectivity index (χ4v) is 2.42. The van der Waals surface area contributed by atoms with Crippen molar-refractivity contribution in [3.05, 3.63) is 0 Å². The fraction of sp³-hybridized carbons (Fsp3) is 0.909. The van der Waals surface area contributed by atoms with Crippen LogP contribution in [0.5, 0.6) is 0 Å². The van der Waals surface area contributed by atoms with E-state index in [-0.39, 0.29) is 5.94 Å². The van der Waals surface area contributed by atoms with Gasteiger partial charge in [-0.3, -0.25) is 4.79 Å². The van der Waals surface area contributed by atoms with E-state index < -0.39 is 7.12 Å². The molecule has 98 valence electrons. The summed E-state index contributed by atoms with van der Waals surface area (Å²) in [5, 5.41) is 20.8. The molecule has 3 unspecified atom stereocenters. The summed E-state index contributed by atoms with van der Waals surface area (Å²) in [7, 11) is -1.38. The Labute approximate surface area is 103 Å². The van der Waals surface area contributed by atoms with Gasteiger partial charge in [-0.2, -0.15) is 0 Å². The Morgan fingerprint density at radius 1 is 1.24 bits per heavy atom. The Balaban J connectivity index is 0.000000181. The summed E-state index contributed by atoms with van der Waals surface area (Å²) in [6.45, 7) is 5.12. The highest BCUT2D eigenvalue weighted by atomic mass is 16.4. The van der Waals surface area contributed by atoms with E-state index in [0.717, 1.165) is 18.5 Å². The molecule has 0 aliphatic carbocycles. The van der Waals surface area contributed by atoms with Crippen molar-refractivity contribution in [1.29, 1.82) is 0 Å². The van der Waals surface area contributed by atoms with E-state index in [9.17, 15) is 4.79 Å². The van der Waals surface area contributed by atoms with Crippen LogP contribution >= 0.6 is 0 Å². The predicted octanol–water partition coefficient (Wildman–Crippen LogP) is -0.234. The minimum atomic E-state index is -1.38. The number of carbonyl (C=O) groups excluding carboxylic acids is 1. The van der Waals surface area contributed by atoms with Crippen molar-refractivity contribution in [3.63, 3.8) is 0 Å². The molecule has 17 heavy (non-hydrogen) atoms. The monoisotopic (exact) mass is 242 g/mol. The molecule has 0 aromatic heterocycles. The molecule has 3 N–H and O–H groups in total. The fourth-order valence-electron chi connectivity index (χ4n) is 2.42. The number of amides is 1. The van der Waals surface area contributed by atoms with Gasteiger partial charge in [0, 0.05) is 18.6 Å². The largest absolute Gasteiger partial charge is 0.475 e. The Bertz CT molecular complexity index is 233. The summed E-state index contributed by atoms with van der Waals surface area (Å²) in [5.74, 6) is -0.377. The summed E-state index contributed by atoms with van der Waals surface area (Å²) in [5.41, 5.74) is 0. The van der Waals surface area contributed by atoms with Crippen molar-refractivity contribution < 1.29 is 14.8 Å². The van der Waals surface area contributed by atoms with Gasteiger partial charge in [0.1, 0.15) is 0 Å². The van der Waals surface area contributed by atoms with Gasteiger partial charge < -0.3 is 20.3 Å². The first-order valence-corrected chi connectivity index (χ1v) is 6.37. The second kappa shape index (κ2) is 6.98. The maximum Gasteiger partial charge on any atom is 0.475 e. The van der Waals surface area contributed by atoms with Gasteiger partial charge in [-0.1, -0.05) is 0 Å². The zero-order valence-electron chi connectivity index (χ0n) is 10.7. The number of likely N-dealkylation sites (tertiary alicyclic amines) is 1. The van der Waals surface area contributed by atoms with Crippen LogP contribution in [-0.4, -0.2) is 53.0 Å². The molecule has 2 heterocycles. The van der Waals surface area contributed by atoms with Crippen molar-refractivity contribution in [2.75, 3.05) is 6.54 Å². The lowest BCUT2D eigenvalue weighted by atomic mass is 9.78. The van der Waals surface area contributed by atoms with E-state index in [4.69, 9.17) is 10.0 Å². The van der Waals surface area contributed by atoms with Crippen LogP contribution < -0.4 is 5.32 Å². The maximum atomic E-state index is 10.2. The van der Waals surface area contributed by atoms with Gasteiger partial charge in [0.2, 0.25) is 6.41 Å². The molecule has 2 rings (SSSR count). The zero-order chi connectivity index (χ0) is 12.8. The number of nitrogens with one attached hydrogen (secondary N) is 1. The van der Waals surface area contributed by atoms with Crippen LogP contribution in [0.4, 0.5) is 0 Å². The summed E-state index contributed by atoms with van der Waals surface area (Å²) >= 11 is 0. The number of hydrogen-bond donors (Lipinski definition) is 3. The Kier molecular flexibility index (Phi) is 5.95. The topological polar surface area (TPSA) is 72.8 Å². The van der Waals surface area contributed by atoms with E-state index >= 15 is 0 Å². The Hall–Kier alpha value is -0.585. The SMILES string of the molecule is CC1CCC(C)N1.O=CN1CCCC1B(O)O. The molecule has 1 amide bonds. The smallest absolute Gasteiger partial charge is 0.426 e. The minimum Gasteiger partial charge on any atom is -0.426 e. The quantitative estimate of drug-likeness (QED) is 0.462. The first-order valence-electron chi connectivity index (χ1n) is 6.37. The van der Waals surface area contributed by atoms with Gasteiger partial charge in [-0.25, -0.2) is 0 Å². The van der Waals surface area contributed by atoms with E-state index in [1.54, 1.807) is 0 Å². The molecule has 0 aromatic carbocycles. The molecule has 5 nitrogen and oxygen atoms in total. The second-order valence-electron chi connectivity index (χ2n) is 5.01. The lowest BCUT2D eigenvalue weighted by Crippen LogP contribution is -2.41. The zero-order valence-corrected chi connectivity index (χ0v) is 10.7. The standard InChI is InChI=1S/C6H13N.C5H10BNO3/c1-5-3-4-6(2)7-5;8-4-7-3-1-2-5(7)6(9)10/h5-7H,3-4H2,1-2H3;4-5,9-10H,1-3H2.